The Morgan fingerprint density at radius 1 is 1.13 bits per heavy atom. The zero-order valence-electron chi connectivity index (χ0n) is 19.6. The molecule has 0 atom stereocenters. The molecular weight excluding hydrogens is 388 g/mol. The molecule has 0 bridgehead atoms. The van der Waals surface area contributed by atoms with Gasteiger partial charge < -0.3 is 5.32 Å². The molecule has 1 aromatic carbocycles. The molecule has 2 aromatic heterocycles. The number of aromatic nitrogens is 3. The predicted molar refractivity (Wildman–Crippen MR) is 126 cm³/mol. The zero-order valence-corrected chi connectivity index (χ0v) is 19.6. The summed E-state index contributed by atoms with van der Waals surface area (Å²) in [6.45, 7) is 13.5. The summed E-state index contributed by atoms with van der Waals surface area (Å²) in [5.41, 5.74) is 5.41. The maximum absolute atomic E-state index is 13.4. The topological polar surface area (TPSA) is 68.9 Å². The van der Waals surface area contributed by atoms with Crippen LogP contribution in [0.3, 0.4) is 0 Å². The van der Waals surface area contributed by atoms with Crippen LogP contribution in [0.4, 0.5) is 0 Å². The number of nitrogens with zero attached hydrogens (tertiary/aromatic N) is 3. The lowest BCUT2D eigenvalue weighted by Crippen LogP contribution is -2.29. The van der Waals surface area contributed by atoms with Gasteiger partial charge >= 0.3 is 0 Å². The highest BCUT2D eigenvalue weighted by Gasteiger charge is 2.21. The maximum atomic E-state index is 13.4. The first-order chi connectivity index (χ1) is 14.7. The van der Waals surface area contributed by atoms with Crippen LogP contribution in [0.1, 0.15) is 56.0 Å². The van der Waals surface area contributed by atoms with Gasteiger partial charge in [0, 0.05) is 30.5 Å². The standard InChI is InChI=1S/C25H34N4O2/c1-7-28-24-23(19(6)27-29(24)20-10-8-17(4)9-11-20)18(5)21(25(28)31)12-13-22(30)26-15-14-16(2)3/h8-11,16H,7,12-15H2,1-6H3,(H,26,30). The zero-order chi connectivity index (χ0) is 22.7. The second-order valence-electron chi connectivity index (χ2n) is 8.72. The summed E-state index contributed by atoms with van der Waals surface area (Å²) in [7, 11) is 0. The molecule has 3 rings (SSSR count). The molecule has 1 N–H and O–H groups in total. The number of hydrogen-bond acceptors (Lipinski definition) is 3. The highest BCUT2D eigenvalue weighted by Crippen LogP contribution is 2.26. The largest absolute Gasteiger partial charge is 0.356 e. The van der Waals surface area contributed by atoms with E-state index in [1.165, 1.54) is 5.56 Å². The third-order valence-corrected chi connectivity index (χ3v) is 5.86. The van der Waals surface area contributed by atoms with Crippen molar-refractivity contribution in [1.29, 1.82) is 0 Å². The van der Waals surface area contributed by atoms with E-state index in [2.05, 4.69) is 19.2 Å². The molecule has 0 radical (unpaired) electrons. The Hall–Kier alpha value is -2.89. The Morgan fingerprint density at radius 3 is 2.42 bits per heavy atom. The van der Waals surface area contributed by atoms with Crippen LogP contribution in [-0.2, 0) is 17.8 Å². The number of carbonyl (C=O) groups is 1. The molecule has 0 unspecified atom stereocenters. The fourth-order valence-electron chi connectivity index (χ4n) is 4.05. The average Bonchev–Trinajstić information content (AvgIpc) is 3.05. The van der Waals surface area contributed by atoms with Crippen LogP contribution in [0.5, 0.6) is 0 Å². The third-order valence-electron chi connectivity index (χ3n) is 5.86. The van der Waals surface area contributed by atoms with Crippen LogP contribution < -0.4 is 10.9 Å². The lowest BCUT2D eigenvalue weighted by atomic mass is 10.0. The molecule has 0 spiro atoms. The van der Waals surface area contributed by atoms with Gasteiger partial charge in [-0.15, -0.1) is 0 Å². The lowest BCUT2D eigenvalue weighted by molar-refractivity contribution is -0.121. The fraction of sp³-hybridized carbons (Fsp3) is 0.480. The van der Waals surface area contributed by atoms with Crippen molar-refractivity contribution in [3.8, 4) is 5.69 Å². The van der Waals surface area contributed by atoms with Crippen LogP contribution in [0, 0.1) is 26.7 Å². The van der Waals surface area contributed by atoms with E-state index in [1.54, 1.807) is 4.57 Å². The number of nitrogens with one attached hydrogen (secondary N) is 1. The van der Waals surface area contributed by atoms with E-state index in [0.717, 1.165) is 34.4 Å². The molecule has 6 heteroatoms. The average molecular weight is 423 g/mol. The van der Waals surface area contributed by atoms with Crippen molar-refractivity contribution in [1.82, 2.24) is 19.7 Å². The van der Waals surface area contributed by atoms with Gasteiger partial charge in [0.1, 0.15) is 5.65 Å². The predicted octanol–water partition coefficient (Wildman–Crippen LogP) is 4.23. The SMILES string of the molecule is CCn1c(=O)c(CCC(=O)NCCC(C)C)c(C)c2c(C)nn(-c3ccc(C)cc3)c21. The summed E-state index contributed by atoms with van der Waals surface area (Å²) < 4.78 is 3.65. The van der Waals surface area contributed by atoms with Crippen LogP contribution in [-0.4, -0.2) is 26.8 Å². The number of carbonyl (C=O) groups excluding carboxylic acids is 1. The quantitative estimate of drug-likeness (QED) is 0.591. The van der Waals surface area contributed by atoms with Gasteiger partial charge in [0.05, 0.1) is 11.4 Å². The number of rotatable bonds is 8. The van der Waals surface area contributed by atoms with Crippen molar-refractivity contribution in [2.75, 3.05) is 6.54 Å². The molecule has 6 nitrogen and oxygen atoms in total. The van der Waals surface area contributed by atoms with Gasteiger partial charge in [-0.1, -0.05) is 31.5 Å². The van der Waals surface area contributed by atoms with E-state index in [4.69, 9.17) is 5.10 Å². The number of hydrogen-bond donors (Lipinski definition) is 1. The summed E-state index contributed by atoms with van der Waals surface area (Å²) >= 11 is 0. The fourth-order valence-corrected chi connectivity index (χ4v) is 4.05. The van der Waals surface area contributed by atoms with Crippen molar-refractivity contribution in [2.45, 2.75) is 67.3 Å². The monoisotopic (exact) mass is 422 g/mol. The minimum absolute atomic E-state index is 0.00494. The Bertz CT molecular complexity index is 1140. The van der Waals surface area contributed by atoms with E-state index >= 15 is 0 Å². The molecule has 0 saturated carbocycles. The van der Waals surface area contributed by atoms with Crippen LogP contribution in [0.25, 0.3) is 16.7 Å². The highest BCUT2D eigenvalue weighted by atomic mass is 16.1. The lowest BCUT2D eigenvalue weighted by Gasteiger charge is -2.15. The van der Waals surface area contributed by atoms with E-state index in [9.17, 15) is 9.59 Å². The van der Waals surface area contributed by atoms with Crippen molar-refractivity contribution >= 4 is 16.9 Å². The summed E-state index contributed by atoms with van der Waals surface area (Å²) in [6.07, 6.45) is 1.70. The molecule has 1 amide bonds. The van der Waals surface area contributed by atoms with Crippen LogP contribution in [0.15, 0.2) is 29.1 Å². The number of fused-ring (bicyclic) bond motifs is 1. The van der Waals surface area contributed by atoms with Crippen molar-refractivity contribution in [3.63, 3.8) is 0 Å². The minimum atomic E-state index is -0.0317. The Kier molecular flexibility index (Phi) is 6.98. The number of amides is 1. The molecule has 0 fully saturated rings. The number of aryl methyl sites for hydroxylation is 4. The molecule has 3 aromatic rings. The molecule has 0 aliphatic heterocycles. The number of benzene rings is 1. The summed E-state index contributed by atoms with van der Waals surface area (Å²) in [5, 5.41) is 8.73. The molecule has 2 heterocycles. The summed E-state index contributed by atoms with van der Waals surface area (Å²) in [4.78, 5) is 25.7. The molecule has 166 valence electrons. The first-order valence-electron chi connectivity index (χ1n) is 11.2. The Labute approximate surface area is 184 Å². The van der Waals surface area contributed by atoms with E-state index in [1.807, 2.05) is 56.6 Å². The highest BCUT2D eigenvalue weighted by molar-refractivity contribution is 5.85. The second kappa shape index (κ2) is 9.50. The van der Waals surface area contributed by atoms with E-state index < -0.39 is 0 Å². The van der Waals surface area contributed by atoms with Gasteiger partial charge in [-0.25, -0.2) is 4.68 Å². The first kappa shape index (κ1) is 22.8. The third kappa shape index (κ3) is 4.73. The molecule has 31 heavy (non-hydrogen) atoms. The Morgan fingerprint density at radius 2 is 1.81 bits per heavy atom. The summed E-state index contributed by atoms with van der Waals surface area (Å²) in [5.74, 6) is 0.546. The van der Waals surface area contributed by atoms with Crippen LogP contribution in [0.2, 0.25) is 0 Å². The van der Waals surface area contributed by atoms with Gasteiger partial charge in [0.25, 0.3) is 5.56 Å². The van der Waals surface area contributed by atoms with Crippen molar-refractivity contribution in [3.05, 3.63) is 57.0 Å². The van der Waals surface area contributed by atoms with Gasteiger partial charge in [0.2, 0.25) is 5.91 Å². The van der Waals surface area contributed by atoms with E-state index in [-0.39, 0.29) is 11.5 Å². The van der Waals surface area contributed by atoms with Crippen LogP contribution >= 0.6 is 0 Å². The molecular formula is C25H34N4O2. The van der Waals surface area contributed by atoms with Gasteiger partial charge in [-0.05, 0) is 64.2 Å². The van der Waals surface area contributed by atoms with Gasteiger partial charge in [-0.3, -0.25) is 14.2 Å². The van der Waals surface area contributed by atoms with Crippen molar-refractivity contribution in [2.24, 2.45) is 5.92 Å². The van der Waals surface area contributed by atoms with Gasteiger partial charge in [0.15, 0.2) is 0 Å². The first-order valence-corrected chi connectivity index (χ1v) is 11.2. The second-order valence-corrected chi connectivity index (χ2v) is 8.72. The molecule has 0 aliphatic carbocycles. The van der Waals surface area contributed by atoms with Crippen molar-refractivity contribution < 1.29 is 4.79 Å². The molecule has 0 aliphatic rings. The number of pyridine rings is 1. The molecule has 0 saturated heterocycles. The Balaban J connectivity index is 2.00. The minimum Gasteiger partial charge on any atom is -0.356 e. The smallest absolute Gasteiger partial charge is 0.255 e. The maximum Gasteiger partial charge on any atom is 0.255 e. The van der Waals surface area contributed by atoms with Gasteiger partial charge in [-0.2, -0.15) is 5.10 Å². The summed E-state index contributed by atoms with van der Waals surface area (Å²) in [6, 6.07) is 8.14. The van der Waals surface area contributed by atoms with E-state index in [0.29, 0.717) is 37.4 Å². The normalized spacial score (nSPS) is 11.5.